The van der Waals surface area contributed by atoms with E-state index in [1.54, 1.807) is 11.3 Å². The lowest BCUT2D eigenvalue weighted by Crippen LogP contribution is -1.99. The Morgan fingerprint density at radius 2 is 1.62 bits per heavy atom. The topological polar surface area (TPSA) is 50.7 Å². The highest BCUT2D eigenvalue weighted by atomic mass is 32.1. The number of hydrogen-bond donors (Lipinski definition) is 1. The molecule has 0 radical (unpaired) electrons. The van der Waals surface area contributed by atoms with E-state index in [1.165, 1.54) is 4.70 Å². The molecule has 2 heterocycles. The average molecular weight is 332 g/mol. The van der Waals surface area contributed by atoms with Gasteiger partial charge in [-0.1, -0.05) is 24.3 Å². The van der Waals surface area contributed by atoms with Crippen molar-refractivity contribution < 1.29 is 0 Å². The maximum atomic E-state index is 4.72. The van der Waals surface area contributed by atoms with Crippen LogP contribution in [-0.4, -0.2) is 15.0 Å². The van der Waals surface area contributed by atoms with Gasteiger partial charge in [0.2, 0.25) is 5.95 Å². The Kier molecular flexibility index (Phi) is 3.70. The summed E-state index contributed by atoms with van der Waals surface area (Å²) in [7, 11) is 0. The van der Waals surface area contributed by atoms with Crippen molar-refractivity contribution in [1.82, 2.24) is 15.0 Å². The molecule has 0 atom stereocenters. The molecule has 4 aromatic rings. The number of aryl methyl sites for hydroxylation is 2. The third-order valence-electron chi connectivity index (χ3n) is 3.64. The molecule has 0 fully saturated rings. The van der Waals surface area contributed by atoms with Crippen molar-refractivity contribution in [3.05, 3.63) is 66.0 Å². The van der Waals surface area contributed by atoms with Crippen molar-refractivity contribution in [2.75, 3.05) is 5.32 Å². The number of nitrogens with one attached hydrogen (secondary N) is 1. The van der Waals surface area contributed by atoms with E-state index in [-0.39, 0.29) is 0 Å². The lowest BCUT2D eigenvalue weighted by atomic mass is 10.2. The van der Waals surface area contributed by atoms with Crippen molar-refractivity contribution in [2.24, 2.45) is 0 Å². The molecular formula is C19H16N4S. The molecule has 0 amide bonds. The minimum absolute atomic E-state index is 0.619. The number of aromatic nitrogens is 3. The molecule has 0 aliphatic carbocycles. The summed E-state index contributed by atoms with van der Waals surface area (Å²) in [4.78, 5) is 13.6. The fourth-order valence-electron chi connectivity index (χ4n) is 2.64. The summed E-state index contributed by atoms with van der Waals surface area (Å²) >= 11 is 1.70. The summed E-state index contributed by atoms with van der Waals surface area (Å²) in [5, 5.41) is 4.30. The van der Waals surface area contributed by atoms with E-state index in [4.69, 9.17) is 4.98 Å². The first-order valence-corrected chi connectivity index (χ1v) is 8.54. The van der Waals surface area contributed by atoms with Gasteiger partial charge in [0.25, 0.3) is 0 Å². The second-order valence-electron chi connectivity index (χ2n) is 5.67. The molecule has 5 heteroatoms. The highest BCUT2D eigenvalue weighted by Gasteiger charge is 2.07. The maximum Gasteiger partial charge on any atom is 0.227 e. The lowest BCUT2D eigenvalue weighted by molar-refractivity contribution is 1.06. The number of anilines is 2. The molecule has 1 N–H and O–H groups in total. The number of para-hydroxylation sites is 1. The fourth-order valence-corrected chi connectivity index (χ4v) is 3.60. The first-order valence-electron chi connectivity index (χ1n) is 7.73. The molecule has 0 saturated heterocycles. The molecule has 118 valence electrons. The first kappa shape index (κ1) is 14.8. The number of nitrogens with zero attached hydrogens (tertiary/aromatic N) is 3. The van der Waals surface area contributed by atoms with Gasteiger partial charge in [0.1, 0.15) is 5.01 Å². The van der Waals surface area contributed by atoms with Gasteiger partial charge in [0.15, 0.2) is 0 Å². The molecule has 0 unspecified atom stereocenters. The largest absolute Gasteiger partial charge is 0.324 e. The zero-order valence-electron chi connectivity index (χ0n) is 13.4. The zero-order valence-corrected chi connectivity index (χ0v) is 14.3. The monoisotopic (exact) mass is 332 g/mol. The Labute approximate surface area is 144 Å². The molecule has 2 aromatic heterocycles. The van der Waals surface area contributed by atoms with Gasteiger partial charge in [-0.15, -0.1) is 11.3 Å². The highest BCUT2D eigenvalue weighted by Crippen LogP contribution is 2.31. The minimum atomic E-state index is 0.619. The van der Waals surface area contributed by atoms with E-state index in [9.17, 15) is 0 Å². The van der Waals surface area contributed by atoms with Crippen LogP contribution in [0.1, 0.15) is 11.4 Å². The van der Waals surface area contributed by atoms with Crippen molar-refractivity contribution in [1.29, 1.82) is 0 Å². The summed E-state index contributed by atoms with van der Waals surface area (Å²) in [5.74, 6) is 0.619. The maximum absolute atomic E-state index is 4.72. The average Bonchev–Trinajstić information content (AvgIpc) is 2.98. The minimum Gasteiger partial charge on any atom is -0.324 e. The van der Waals surface area contributed by atoms with Crippen LogP contribution >= 0.6 is 11.3 Å². The van der Waals surface area contributed by atoms with Crippen LogP contribution in [0.2, 0.25) is 0 Å². The van der Waals surface area contributed by atoms with E-state index in [0.717, 1.165) is 33.2 Å². The zero-order chi connectivity index (χ0) is 16.5. The van der Waals surface area contributed by atoms with Crippen molar-refractivity contribution in [2.45, 2.75) is 13.8 Å². The van der Waals surface area contributed by atoms with Crippen LogP contribution in [-0.2, 0) is 0 Å². The molecule has 2 aromatic carbocycles. The number of fused-ring (bicyclic) bond motifs is 1. The van der Waals surface area contributed by atoms with E-state index < -0.39 is 0 Å². The van der Waals surface area contributed by atoms with Crippen molar-refractivity contribution in [3.63, 3.8) is 0 Å². The van der Waals surface area contributed by atoms with Crippen LogP contribution in [0, 0.1) is 13.8 Å². The van der Waals surface area contributed by atoms with Gasteiger partial charge in [0, 0.05) is 22.6 Å². The predicted molar refractivity (Wildman–Crippen MR) is 99.8 cm³/mol. The summed E-state index contributed by atoms with van der Waals surface area (Å²) in [6, 6.07) is 18.3. The van der Waals surface area contributed by atoms with Gasteiger partial charge >= 0.3 is 0 Å². The number of benzene rings is 2. The Balaban J connectivity index is 1.68. The van der Waals surface area contributed by atoms with Crippen LogP contribution in [0.5, 0.6) is 0 Å². The summed E-state index contributed by atoms with van der Waals surface area (Å²) in [6.45, 7) is 3.94. The van der Waals surface area contributed by atoms with Gasteiger partial charge < -0.3 is 5.32 Å². The van der Waals surface area contributed by atoms with Gasteiger partial charge in [-0.3, -0.25) is 0 Å². The third-order valence-corrected chi connectivity index (χ3v) is 4.73. The number of hydrogen-bond acceptors (Lipinski definition) is 5. The van der Waals surface area contributed by atoms with Crippen LogP contribution in [0.3, 0.4) is 0 Å². The van der Waals surface area contributed by atoms with Gasteiger partial charge in [-0.05, 0) is 44.2 Å². The fraction of sp³-hybridized carbons (Fsp3) is 0.105. The quantitative estimate of drug-likeness (QED) is 0.566. The number of rotatable bonds is 3. The van der Waals surface area contributed by atoms with Crippen molar-refractivity contribution in [3.8, 4) is 10.6 Å². The Morgan fingerprint density at radius 3 is 2.42 bits per heavy atom. The van der Waals surface area contributed by atoms with Crippen LogP contribution in [0.25, 0.3) is 20.8 Å². The molecule has 0 bridgehead atoms. The highest BCUT2D eigenvalue weighted by molar-refractivity contribution is 7.21. The second kappa shape index (κ2) is 6.02. The second-order valence-corrected chi connectivity index (χ2v) is 6.70. The molecule has 0 aliphatic heterocycles. The van der Waals surface area contributed by atoms with Crippen molar-refractivity contribution >= 4 is 33.2 Å². The third kappa shape index (κ3) is 2.98. The SMILES string of the molecule is Cc1cc(C)nc(Nc2cccc(-c3nc4ccccc4s3)c2)n1. The smallest absolute Gasteiger partial charge is 0.227 e. The van der Waals surface area contributed by atoms with E-state index in [2.05, 4.69) is 33.5 Å². The van der Waals surface area contributed by atoms with Crippen LogP contribution < -0.4 is 5.32 Å². The van der Waals surface area contributed by atoms with E-state index >= 15 is 0 Å². The van der Waals surface area contributed by atoms with Crippen LogP contribution in [0.4, 0.5) is 11.6 Å². The molecule has 0 spiro atoms. The van der Waals surface area contributed by atoms with E-state index in [1.807, 2.05) is 50.2 Å². The molecule has 4 nitrogen and oxygen atoms in total. The lowest BCUT2D eigenvalue weighted by Gasteiger charge is -2.07. The molecule has 4 rings (SSSR count). The first-order chi connectivity index (χ1) is 11.7. The Bertz CT molecular complexity index is 969. The van der Waals surface area contributed by atoms with Crippen LogP contribution in [0.15, 0.2) is 54.6 Å². The van der Waals surface area contributed by atoms with Gasteiger partial charge in [0.05, 0.1) is 10.2 Å². The standard InChI is InChI=1S/C19H16N4S/c1-12-10-13(2)21-19(20-12)22-15-7-5-6-14(11-15)18-23-16-8-3-4-9-17(16)24-18/h3-11H,1-2H3,(H,20,21,22). The summed E-state index contributed by atoms with van der Waals surface area (Å²) < 4.78 is 1.20. The van der Waals surface area contributed by atoms with E-state index in [0.29, 0.717) is 5.95 Å². The summed E-state index contributed by atoms with van der Waals surface area (Å²) in [5.41, 5.74) is 4.98. The molecule has 0 aliphatic rings. The molecule has 0 saturated carbocycles. The summed E-state index contributed by atoms with van der Waals surface area (Å²) in [6.07, 6.45) is 0. The van der Waals surface area contributed by atoms with Gasteiger partial charge in [-0.2, -0.15) is 0 Å². The predicted octanol–water partition coefficient (Wildman–Crippen LogP) is 5.11. The Morgan fingerprint density at radius 1 is 0.833 bits per heavy atom. The number of thiazole rings is 1. The molecule has 24 heavy (non-hydrogen) atoms. The normalized spacial score (nSPS) is 10.9. The van der Waals surface area contributed by atoms with Gasteiger partial charge in [-0.25, -0.2) is 15.0 Å². The molecular weight excluding hydrogens is 316 g/mol. The Hall–Kier alpha value is -2.79.